The van der Waals surface area contributed by atoms with Gasteiger partial charge < -0.3 is 31.1 Å². The van der Waals surface area contributed by atoms with Crippen molar-refractivity contribution in [2.45, 2.75) is 64.2 Å². The van der Waals surface area contributed by atoms with Crippen LogP contribution in [-0.2, 0) is 22.4 Å². The molecule has 4 N–H and O–H groups in total. The van der Waals surface area contributed by atoms with Crippen molar-refractivity contribution in [3.8, 4) is 23.7 Å². The van der Waals surface area contributed by atoms with Crippen LogP contribution in [0.5, 0.6) is 0 Å². The highest BCUT2D eigenvalue weighted by atomic mass is 16.2. The summed E-state index contributed by atoms with van der Waals surface area (Å²) in [5.41, 5.74) is 4.92. The lowest BCUT2D eigenvalue weighted by atomic mass is 10.1. The number of unbranched alkanes of at least 4 members (excludes halogenated alkanes) is 2. The van der Waals surface area contributed by atoms with E-state index in [1.165, 1.54) is 11.1 Å². The highest BCUT2D eigenvalue weighted by Gasteiger charge is 2.04. The van der Waals surface area contributed by atoms with Crippen molar-refractivity contribution >= 4 is 23.2 Å². The topological polar surface area (TPSA) is 88.7 Å². The normalized spacial score (nSPS) is 10.5. The maximum atomic E-state index is 12.1. The molecule has 0 aliphatic carbocycles. The number of rotatable bonds is 22. The van der Waals surface area contributed by atoms with E-state index in [0.717, 1.165) is 76.1 Å². The number of nitrogens with one attached hydrogen (secondary N) is 4. The van der Waals surface area contributed by atoms with E-state index >= 15 is 0 Å². The minimum atomic E-state index is 0.0806. The van der Waals surface area contributed by atoms with Crippen LogP contribution >= 0.6 is 0 Å². The zero-order chi connectivity index (χ0) is 33.2. The summed E-state index contributed by atoms with van der Waals surface area (Å²) < 4.78 is 0. The largest absolute Gasteiger partial charge is 0.388 e. The number of carbonyl (C=O) groups excluding carboxylic acids is 2. The number of hydrogen-bond acceptors (Lipinski definition) is 6. The van der Waals surface area contributed by atoms with Gasteiger partial charge in [-0.1, -0.05) is 36.1 Å². The molecule has 0 heterocycles. The van der Waals surface area contributed by atoms with Gasteiger partial charge in [-0.05, 0) is 113 Å². The van der Waals surface area contributed by atoms with E-state index < -0.39 is 0 Å². The van der Waals surface area contributed by atoms with Crippen LogP contribution in [0.3, 0.4) is 0 Å². The molecule has 2 rings (SSSR count). The highest BCUT2D eigenvalue weighted by molar-refractivity contribution is 5.76. The number of hydrogen-bond donors (Lipinski definition) is 4. The molecule has 2 amide bonds. The van der Waals surface area contributed by atoms with Gasteiger partial charge >= 0.3 is 0 Å². The summed E-state index contributed by atoms with van der Waals surface area (Å²) in [5, 5.41) is 12.3. The predicted molar refractivity (Wildman–Crippen MR) is 193 cm³/mol. The third kappa shape index (κ3) is 18.7. The van der Waals surface area contributed by atoms with Gasteiger partial charge in [-0.25, -0.2) is 0 Å². The molecular formula is C38H56N6O2. The molecule has 2 aromatic carbocycles. The minimum Gasteiger partial charge on any atom is -0.388 e. The molecule has 250 valence electrons. The molecule has 0 saturated heterocycles. The monoisotopic (exact) mass is 628 g/mol. The molecule has 0 spiro atoms. The standard InChI is InChI=1S/C38H56N6O2/c1-39-35-21-17-33(18-22-35)25-31-43(3)29-13-27-41-37(45)15-11-9-7-5-6-8-10-12-16-38(46)42-28-14-30-44(4)32-26-34-19-23-36(40-2)24-20-34/h17-24,39-40H,9-16,25-32H2,1-4H3,(H,41,45)(H,42,46). The number of nitrogens with zero attached hydrogens (tertiary/aromatic N) is 2. The third-order valence-corrected chi connectivity index (χ3v) is 7.78. The zero-order valence-corrected chi connectivity index (χ0v) is 28.6. The molecule has 0 radical (unpaired) electrons. The Hall–Kier alpha value is -3.98. The predicted octanol–water partition coefficient (Wildman–Crippen LogP) is 4.78. The van der Waals surface area contributed by atoms with Crippen molar-refractivity contribution in [2.75, 3.05) is 78.1 Å². The van der Waals surface area contributed by atoms with Crippen molar-refractivity contribution in [3.63, 3.8) is 0 Å². The van der Waals surface area contributed by atoms with Crippen LogP contribution in [0.25, 0.3) is 0 Å². The Balaban J connectivity index is 1.39. The molecule has 0 bridgehead atoms. The van der Waals surface area contributed by atoms with Crippen molar-refractivity contribution in [2.24, 2.45) is 0 Å². The van der Waals surface area contributed by atoms with Crippen LogP contribution in [-0.4, -0.2) is 89.1 Å². The summed E-state index contributed by atoms with van der Waals surface area (Å²) in [7, 11) is 8.10. The average Bonchev–Trinajstić information content (AvgIpc) is 3.08. The van der Waals surface area contributed by atoms with Crippen LogP contribution in [0.15, 0.2) is 48.5 Å². The smallest absolute Gasteiger partial charge is 0.220 e. The first kappa shape index (κ1) is 38.2. The van der Waals surface area contributed by atoms with Crippen LogP contribution in [0, 0.1) is 23.7 Å². The molecule has 8 nitrogen and oxygen atoms in total. The summed E-state index contributed by atoms with van der Waals surface area (Å²) in [6, 6.07) is 17.1. The van der Waals surface area contributed by atoms with Crippen LogP contribution in [0.2, 0.25) is 0 Å². The first-order valence-corrected chi connectivity index (χ1v) is 16.8. The lowest BCUT2D eigenvalue weighted by molar-refractivity contribution is -0.122. The van der Waals surface area contributed by atoms with Gasteiger partial charge in [0.15, 0.2) is 0 Å². The molecular weight excluding hydrogens is 572 g/mol. The molecule has 8 heteroatoms. The summed E-state index contributed by atoms with van der Waals surface area (Å²) in [5.74, 6) is 11.9. The number of carbonyl (C=O) groups is 2. The molecule has 2 aromatic rings. The number of likely N-dealkylation sites (N-methyl/N-ethyl adjacent to an activating group) is 2. The third-order valence-electron chi connectivity index (χ3n) is 7.78. The molecule has 0 saturated carbocycles. The second kappa shape index (κ2) is 24.3. The Morgan fingerprint density at radius 3 is 1.35 bits per heavy atom. The second-order valence-corrected chi connectivity index (χ2v) is 11.7. The van der Waals surface area contributed by atoms with Gasteiger partial charge in [-0.2, -0.15) is 0 Å². The van der Waals surface area contributed by atoms with Gasteiger partial charge in [0.1, 0.15) is 0 Å². The lowest BCUT2D eigenvalue weighted by Crippen LogP contribution is -2.29. The van der Waals surface area contributed by atoms with E-state index in [1.807, 2.05) is 14.1 Å². The Morgan fingerprint density at radius 1 is 0.587 bits per heavy atom. The Labute approximate surface area is 278 Å². The number of benzene rings is 2. The van der Waals surface area contributed by atoms with E-state index in [1.54, 1.807) is 0 Å². The molecule has 46 heavy (non-hydrogen) atoms. The quantitative estimate of drug-likeness (QED) is 0.111. The first-order chi connectivity index (χ1) is 22.4. The van der Waals surface area contributed by atoms with Gasteiger partial charge in [0.05, 0.1) is 0 Å². The molecule has 0 fully saturated rings. The second-order valence-electron chi connectivity index (χ2n) is 11.7. The average molecular weight is 629 g/mol. The van der Waals surface area contributed by atoms with Crippen LogP contribution in [0.1, 0.15) is 62.5 Å². The van der Waals surface area contributed by atoms with E-state index in [4.69, 9.17) is 0 Å². The molecule has 0 atom stereocenters. The Bertz CT molecular complexity index is 1160. The zero-order valence-electron chi connectivity index (χ0n) is 28.6. The first-order valence-electron chi connectivity index (χ1n) is 16.8. The number of amides is 2. The minimum absolute atomic E-state index is 0.0806. The van der Waals surface area contributed by atoms with Crippen molar-refractivity contribution < 1.29 is 9.59 Å². The lowest BCUT2D eigenvalue weighted by Gasteiger charge is -2.16. The molecule has 0 unspecified atom stereocenters. The fourth-order valence-electron chi connectivity index (χ4n) is 4.76. The molecule has 0 aliphatic rings. The summed E-state index contributed by atoms with van der Waals surface area (Å²) in [4.78, 5) is 28.8. The summed E-state index contributed by atoms with van der Waals surface area (Å²) in [6.07, 6.45) is 7.64. The van der Waals surface area contributed by atoms with E-state index in [9.17, 15) is 9.59 Å². The van der Waals surface area contributed by atoms with Gasteiger partial charge in [0.2, 0.25) is 11.8 Å². The van der Waals surface area contributed by atoms with E-state index in [-0.39, 0.29) is 11.8 Å². The molecule has 0 aromatic heterocycles. The van der Waals surface area contributed by atoms with E-state index in [0.29, 0.717) is 38.8 Å². The van der Waals surface area contributed by atoms with Crippen LogP contribution in [0.4, 0.5) is 11.4 Å². The fourth-order valence-corrected chi connectivity index (χ4v) is 4.76. The van der Waals surface area contributed by atoms with E-state index in [2.05, 4.69) is 117 Å². The van der Waals surface area contributed by atoms with Crippen molar-refractivity contribution in [1.29, 1.82) is 0 Å². The Morgan fingerprint density at radius 2 is 0.978 bits per heavy atom. The van der Waals surface area contributed by atoms with Crippen LogP contribution < -0.4 is 21.3 Å². The van der Waals surface area contributed by atoms with Gasteiger partial charge in [-0.15, -0.1) is 0 Å². The molecule has 0 aliphatic heterocycles. The van der Waals surface area contributed by atoms with Gasteiger partial charge in [0, 0.05) is 77.3 Å². The summed E-state index contributed by atoms with van der Waals surface area (Å²) >= 11 is 0. The summed E-state index contributed by atoms with van der Waals surface area (Å²) in [6.45, 7) is 5.29. The Kier molecular flexibility index (Phi) is 20.2. The van der Waals surface area contributed by atoms with Gasteiger partial charge in [-0.3, -0.25) is 9.59 Å². The maximum absolute atomic E-state index is 12.1. The SMILES string of the molecule is CNc1ccc(CCN(C)CCCNC(=O)CCCC#CC#CCCCC(=O)NCCCN(C)CCc2ccc(NC)cc2)cc1. The van der Waals surface area contributed by atoms with Crippen molar-refractivity contribution in [1.82, 2.24) is 20.4 Å². The number of anilines is 2. The highest BCUT2D eigenvalue weighted by Crippen LogP contribution is 2.10. The fraction of sp³-hybridized carbons (Fsp3) is 0.526. The van der Waals surface area contributed by atoms with Gasteiger partial charge in [0.25, 0.3) is 0 Å². The van der Waals surface area contributed by atoms with Crippen molar-refractivity contribution in [3.05, 3.63) is 59.7 Å². The maximum Gasteiger partial charge on any atom is 0.220 e.